The van der Waals surface area contributed by atoms with Crippen LogP contribution in [0.2, 0.25) is 0 Å². The van der Waals surface area contributed by atoms with Gasteiger partial charge in [0.15, 0.2) is 0 Å². The smallest absolute Gasteiger partial charge is 0.394 e. The normalized spacial score (nSPS) is 19.7. The highest BCUT2D eigenvalue weighted by molar-refractivity contribution is 7.89. The van der Waals surface area contributed by atoms with E-state index in [4.69, 9.17) is 5.11 Å². The number of rotatable bonds is 4. The van der Waals surface area contributed by atoms with Crippen LogP contribution >= 0.6 is 11.3 Å². The minimum Gasteiger partial charge on any atom is -0.478 e. The third-order valence-corrected chi connectivity index (χ3v) is 8.25. The number of hydrogen-bond donors (Lipinski definition) is 4. The van der Waals surface area contributed by atoms with Gasteiger partial charge in [0, 0.05) is 18.0 Å². The molecule has 4 rings (SSSR count). The van der Waals surface area contributed by atoms with E-state index in [2.05, 4.69) is 10.6 Å². The van der Waals surface area contributed by atoms with Gasteiger partial charge < -0.3 is 20.8 Å². The molecule has 1 amide bonds. The number of carboxylic acid groups (broad SMARTS) is 2. The van der Waals surface area contributed by atoms with E-state index in [1.165, 1.54) is 4.31 Å². The van der Waals surface area contributed by atoms with Crippen LogP contribution in [0.15, 0.2) is 29.2 Å². The standard InChI is InChI=1S/C18H17N3O7S2/c22-15(18(25)26)20-16-13(17(23)24)10-5-6-19-11(14(10)29-16)8-21-7-9-3-1-2-4-12(9)30(21,27)28/h1-4,11,19H,5-8H2,(H,20,22)(H,23,24)(H,25,26). The van der Waals surface area contributed by atoms with Crippen LogP contribution in [0.3, 0.4) is 0 Å². The topological polar surface area (TPSA) is 153 Å². The maximum Gasteiger partial charge on any atom is 0.394 e. The highest BCUT2D eigenvalue weighted by atomic mass is 32.2. The summed E-state index contributed by atoms with van der Waals surface area (Å²) in [4.78, 5) is 35.1. The summed E-state index contributed by atoms with van der Waals surface area (Å²) in [5.41, 5.74) is 1.02. The van der Waals surface area contributed by atoms with Gasteiger partial charge in [0.2, 0.25) is 10.0 Å². The van der Waals surface area contributed by atoms with Gasteiger partial charge in [-0.05, 0) is 30.2 Å². The van der Waals surface area contributed by atoms with Crippen molar-refractivity contribution in [2.75, 3.05) is 18.4 Å². The van der Waals surface area contributed by atoms with Gasteiger partial charge in [-0.25, -0.2) is 18.0 Å². The Kier molecular flexibility index (Phi) is 5.10. The molecule has 2 aliphatic rings. The number of fused-ring (bicyclic) bond motifs is 2. The lowest BCUT2D eigenvalue weighted by atomic mass is 9.99. The molecule has 3 heterocycles. The number of hydrogen-bond acceptors (Lipinski definition) is 7. The predicted molar refractivity (Wildman–Crippen MR) is 106 cm³/mol. The molecule has 2 aliphatic heterocycles. The number of amides is 1. The molecule has 0 radical (unpaired) electrons. The Bertz CT molecular complexity index is 1170. The maximum atomic E-state index is 12.9. The molecular formula is C18H17N3O7S2. The van der Waals surface area contributed by atoms with Crippen molar-refractivity contribution in [2.24, 2.45) is 0 Å². The molecule has 158 valence electrons. The fourth-order valence-corrected chi connectivity index (χ4v) is 6.71. The molecule has 10 nitrogen and oxygen atoms in total. The number of anilines is 1. The van der Waals surface area contributed by atoms with Gasteiger partial charge in [0.25, 0.3) is 0 Å². The van der Waals surface area contributed by atoms with E-state index < -0.39 is 33.9 Å². The Morgan fingerprint density at radius 2 is 1.97 bits per heavy atom. The quantitative estimate of drug-likeness (QED) is 0.499. The molecule has 1 unspecified atom stereocenters. The van der Waals surface area contributed by atoms with Crippen molar-refractivity contribution in [3.8, 4) is 0 Å². The number of aliphatic carboxylic acids is 1. The molecule has 1 aromatic heterocycles. The summed E-state index contributed by atoms with van der Waals surface area (Å²) in [5.74, 6) is -4.35. The lowest BCUT2D eigenvalue weighted by Crippen LogP contribution is -2.38. The first-order valence-corrected chi connectivity index (χ1v) is 11.2. The summed E-state index contributed by atoms with van der Waals surface area (Å²) in [6.45, 7) is 0.712. The Balaban J connectivity index is 1.67. The van der Waals surface area contributed by atoms with Crippen LogP contribution < -0.4 is 10.6 Å². The molecule has 1 atom stereocenters. The summed E-state index contributed by atoms with van der Waals surface area (Å²) in [6, 6.07) is 6.24. The highest BCUT2D eigenvalue weighted by Gasteiger charge is 2.38. The number of benzene rings is 1. The van der Waals surface area contributed by atoms with Crippen LogP contribution in [0.25, 0.3) is 0 Å². The van der Waals surface area contributed by atoms with Gasteiger partial charge >= 0.3 is 17.8 Å². The summed E-state index contributed by atoms with van der Waals surface area (Å²) >= 11 is 0.951. The average Bonchev–Trinajstić information content (AvgIpc) is 3.17. The van der Waals surface area contributed by atoms with Crippen LogP contribution in [0, 0.1) is 0 Å². The zero-order valence-electron chi connectivity index (χ0n) is 15.4. The fourth-order valence-electron chi connectivity index (χ4n) is 3.76. The molecule has 0 aliphatic carbocycles. The fraction of sp³-hybridized carbons (Fsp3) is 0.278. The largest absolute Gasteiger partial charge is 0.478 e. The molecule has 0 fully saturated rings. The number of carbonyl (C=O) groups is 3. The second kappa shape index (κ2) is 7.47. The molecular weight excluding hydrogens is 434 g/mol. The number of aromatic carboxylic acids is 1. The first kappa shape index (κ1) is 20.5. The first-order chi connectivity index (χ1) is 14.2. The van der Waals surface area contributed by atoms with E-state index >= 15 is 0 Å². The van der Waals surface area contributed by atoms with Crippen molar-refractivity contribution in [1.82, 2.24) is 9.62 Å². The van der Waals surface area contributed by atoms with Crippen molar-refractivity contribution in [3.05, 3.63) is 45.8 Å². The van der Waals surface area contributed by atoms with E-state index in [0.717, 1.165) is 11.3 Å². The summed E-state index contributed by atoms with van der Waals surface area (Å²) < 4.78 is 27.0. The molecule has 12 heteroatoms. The minimum absolute atomic E-state index is 0.0684. The third kappa shape index (κ3) is 3.37. The molecule has 0 spiro atoms. The van der Waals surface area contributed by atoms with E-state index in [1.54, 1.807) is 24.3 Å². The van der Waals surface area contributed by atoms with Crippen LogP contribution in [0.5, 0.6) is 0 Å². The van der Waals surface area contributed by atoms with Crippen molar-refractivity contribution < 1.29 is 33.0 Å². The zero-order valence-corrected chi connectivity index (χ0v) is 17.0. The van der Waals surface area contributed by atoms with Gasteiger partial charge in [-0.15, -0.1) is 11.3 Å². The molecule has 0 bridgehead atoms. The van der Waals surface area contributed by atoms with Gasteiger partial charge in [-0.1, -0.05) is 18.2 Å². The number of thiophene rings is 1. The van der Waals surface area contributed by atoms with Gasteiger partial charge in [-0.3, -0.25) is 4.79 Å². The molecule has 30 heavy (non-hydrogen) atoms. The van der Waals surface area contributed by atoms with E-state index in [9.17, 15) is 27.9 Å². The van der Waals surface area contributed by atoms with Crippen molar-refractivity contribution in [3.63, 3.8) is 0 Å². The lowest BCUT2D eigenvalue weighted by Gasteiger charge is -2.27. The Morgan fingerprint density at radius 1 is 1.23 bits per heavy atom. The number of sulfonamides is 1. The number of carbonyl (C=O) groups excluding carboxylic acids is 1. The average molecular weight is 451 g/mol. The van der Waals surface area contributed by atoms with Crippen LogP contribution in [0.1, 0.15) is 32.4 Å². The molecule has 0 saturated carbocycles. The second-order valence-electron chi connectivity index (χ2n) is 6.88. The highest BCUT2D eigenvalue weighted by Crippen LogP contribution is 2.41. The number of nitrogens with zero attached hydrogens (tertiary/aromatic N) is 1. The maximum absolute atomic E-state index is 12.9. The first-order valence-electron chi connectivity index (χ1n) is 8.94. The summed E-state index contributed by atoms with van der Waals surface area (Å²) in [6.07, 6.45) is 0.361. The molecule has 0 saturated heterocycles. The van der Waals surface area contributed by atoms with E-state index in [0.29, 0.717) is 29.0 Å². The number of nitrogens with one attached hydrogen (secondary N) is 2. The third-order valence-electron chi connectivity index (χ3n) is 5.08. The zero-order chi connectivity index (χ0) is 21.6. The summed E-state index contributed by atoms with van der Waals surface area (Å²) in [7, 11) is -3.66. The van der Waals surface area contributed by atoms with E-state index in [1.807, 2.05) is 0 Å². The van der Waals surface area contributed by atoms with Crippen molar-refractivity contribution in [1.29, 1.82) is 0 Å². The lowest BCUT2D eigenvalue weighted by molar-refractivity contribution is -0.147. The van der Waals surface area contributed by atoms with Crippen LogP contribution in [-0.2, 0) is 32.6 Å². The summed E-state index contributed by atoms with van der Waals surface area (Å²) in [5, 5.41) is 23.7. The Morgan fingerprint density at radius 3 is 2.63 bits per heavy atom. The monoisotopic (exact) mass is 451 g/mol. The van der Waals surface area contributed by atoms with Crippen LogP contribution in [0.4, 0.5) is 5.00 Å². The van der Waals surface area contributed by atoms with Crippen LogP contribution in [-0.4, -0.2) is 53.9 Å². The Labute approximate surface area is 175 Å². The molecule has 1 aromatic carbocycles. The SMILES string of the molecule is O=C(O)C(=O)Nc1sc2c(c1C(=O)O)CCNC2CN1Cc2ccccc2S1(=O)=O. The minimum atomic E-state index is -3.66. The van der Waals surface area contributed by atoms with Gasteiger partial charge in [0.1, 0.15) is 5.00 Å². The van der Waals surface area contributed by atoms with Gasteiger partial charge in [-0.2, -0.15) is 4.31 Å². The van der Waals surface area contributed by atoms with Gasteiger partial charge in [0.05, 0.1) is 16.5 Å². The van der Waals surface area contributed by atoms with E-state index in [-0.39, 0.29) is 28.5 Å². The Hall–Kier alpha value is -2.80. The second-order valence-corrected chi connectivity index (χ2v) is 9.83. The molecule has 2 aromatic rings. The van der Waals surface area contributed by atoms with Crippen molar-refractivity contribution in [2.45, 2.75) is 23.9 Å². The predicted octanol–water partition coefficient (Wildman–Crippen LogP) is 0.861. The van der Waals surface area contributed by atoms with Crippen molar-refractivity contribution >= 4 is 44.2 Å². The molecule has 4 N–H and O–H groups in total. The number of carboxylic acids is 2.